The van der Waals surface area contributed by atoms with Crippen molar-refractivity contribution in [3.05, 3.63) is 59.9 Å². The van der Waals surface area contributed by atoms with Crippen LogP contribution < -0.4 is 20.1 Å². The zero-order valence-electron chi connectivity index (χ0n) is 19.9. The van der Waals surface area contributed by atoms with Gasteiger partial charge in [-0.05, 0) is 42.3 Å². The molecule has 13 heteroatoms. The highest BCUT2D eigenvalue weighted by Gasteiger charge is 2.45. The Morgan fingerprint density at radius 3 is 2.57 bits per heavy atom. The Kier molecular flexibility index (Phi) is 7.00. The molecule has 4 rings (SSSR count). The summed E-state index contributed by atoms with van der Waals surface area (Å²) in [6, 6.07) is 10.4. The van der Waals surface area contributed by atoms with Crippen LogP contribution in [0.25, 0.3) is 11.3 Å². The fourth-order valence-electron chi connectivity index (χ4n) is 3.56. The quantitative estimate of drug-likeness (QED) is 0.434. The highest BCUT2D eigenvalue weighted by molar-refractivity contribution is 7.90. The second-order valence-electron chi connectivity index (χ2n) is 9.00. The summed E-state index contributed by atoms with van der Waals surface area (Å²) in [5, 5.41) is -0.490. The normalized spacial score (nSPS) is 14.8. The number of hydrogen-bond donors (Lipinski definition) is 2. The van der Waals surface area contributed by atoms with Crippen LogP contribution in [-0.2, 0) is 10.0 Å². The number of benzene rings is 1. The maximum Gasteiger partial charge on any atom is 0.282 e. The van der Waals surface area contributed by atoms with Crippen LogP contribution >= 0.6 is 0 Å². The van der Waals surface area contributed by atoms with Gasteiger partial charge in [-0.25, -0.2) is 27.9 Å². The number of aromatic nitrogens is 2. The Morgan fingerprint density at radius 1 is 1.19 bits per heavy atom. The van der Waals surface area contributed by atoms with Gasteiger partial charge in [0.15, 0.2) is 5.03 Å². The van der Waals surface area contributed by atoms with E-state index in [-0.39, 0.29) is 44.4 Å². The van der Waals surface area contributed by atoms with E-state index in [1.54, 1.807) is 0 Å². The minimum Gasteiger partial charge on any atom is -0.493 e. The van der Waals surface area contributed by atoms with Crippen molar-refractivity contribution in [2.75, 3.05) is 30.3 Å². The number of pyridine rings is 2. The second-order valence-corrected chi connectivity index (χ2v) is 10.6. The molecule has 1 amide bonds. The minimum atomic E-state index is -4.42. The number of sulfonamides is 1. The molecule has 1 saturated heterocycles. The van der Waals surface area contributed by atoms with Crippen molar-refractivity contribution in [2.45, 2.75) is 24.8 Å². The third kappa shape index (κ3) is 6.10. The number of nitrogens with two attached hydrogens (primary N) is 1. The molecule has 1 aliphatic rings. The Balaban J connectivity index is 0.00000267. The van der Waals surface area contributed by atoms with Crippen LogP contribution in [0.4, 0.5) is 24.8 Å². The fraction of sp³-hybridized carbons (Fsp3) is 0.292. The maximum atomic E-state index is 14.3. The summed E-state index contributed by atoms with van der Waals surface area (Å²) in [6.07, 6.45) is 0. The van der Waals surface area contributed by atoms with Crippen molar-refractivity contribution in [2.24, 2.45) is 5.92 Å². The van der Waals surface area contributed by atoms with Gasteiger partial charge in [0, 0.05) is 15.9 Å². The molecule has 1 aliphatic heterocycles. The van der Waals surface area contributed by atoms with Gasteiger partial charge in [0.25, 0.3) is 21.9 Å². The number of carbonyl (C=O) groups excluding carboxylic acids is 1. The van der Waals surface area contributed by atoms with Gasteiger partial charge in [-0.3, -0.25) is 4.79 Å². The molecule has 0 radical (unpaired) electrons. The summed E-state index contributed by atoms with van der Waals surface area (Å²) >= 11 is 0. The zero-order chi connectivity index (χ0) is 27.0. The lowest BCUT2D eigenvalue weighted by molar-refractivity contribution is -0.0267. The fourth-order valence-corrected chi connectivity index (χ4v) is 4.50. The number of alkyl halides is 2. The van der Waals surface area contributed by atoms with E-state index in [4.69, 9.17) is 10.5 Å². The van der Waals surface area contributed by atoms with E-state index in [0.717, 1.165) is 11.0 Å². The van der Waals surface area contributed by atoms with E-state index in [9.17, 15) is 26.4 Å². The average Bonchev–Trinajstić information content (AvgIpc) is 2.80. The lowest BCUT2D eigenvalue weighted by Gasteiger charge is -2.40. The van der Waals surface area contributed by atoms with Gasteiger partial charge < -0.3 is 15.4 Å². The van der Waals surface area contributed by atoms with Crippen molar-refractivity contribution in [3.63, 3.8) is 0 Å². The average molecular weight is 542 g/mol. The van der Waals surface area contributed by atoms with Gasteiger partial charge in [-0.15, -0.1) is 0 Å². The maximum absolute atomic E-state index is 14.3. The predicted molar refractivity (Wildman–Crippen MR) is 137 cm³/mol. The Hall–Kier alpha value is -3.87. The molecule has 3 N–H and O–H groups in total. The van der Waals surface area contributed by atoms with E-state index >= 15 is 0 Å². The SMILES string of the molecule is CC(C)COc1cc(F)cc(-c2ccc(C(=O)NS(=O)(=O)c3cccc(N)n3)c(N3CC(F)(F)C3)n2)c1.[HH].[HH].[HH]. The molecular formula is C24H30F3N5O4S. The first-order chi connectivity index (χ1) is 17.3. The highest BCUT2D eigenvalue weighted by Crippen LogP contribution is 2.35. The van der Waals surface area contributed by atoms with Gasteiger partial charge in [-0.2, -0.15) is 8.42 Å². The van der Waals surface area contributed by atoms with Crippen molar-refractivity contribution >= 4 is 27.6 Å². The van der Waals surface area contributed by atoms with Crippen molar-refractivity contribution in [1.82, 2.24) is 14.7 Å². The van der Waals surface area contributed by atoms with Gasteiger partial charge in [0.2, 0.25) is 0 Å². The van der Waals surface area contributed by atoms with Crippen LogP contribution in [-0.4, -0.2) is 49.9 Å². The molecular weight excluding hydrogens is 511 g/mol. The summed E-state index contributed by atoms with van der Waals surface area (Å²) in [5.74, 6) is -4.50. The van der Waals surface area contributed by atoms with Crippen LogP contribution in [0.2, 0.25) is 0 Å². The summed E-state index contributed by atoms with van der Waals surface area (Å²) < 4.78 is 74.4. The molecule has 3 heterocycles. The monoisotopic (exact) mass is 541 g/mol. The molecule has 2 aromatic heterocycles. The molecule has 202 valence electrons. The standard InChI is InChI=1S/C24H24F3N5O4S.3H2/c1-14(2)11-36-17-9-15(8-16(25)10-17)19-7-6-18(22(29-19)32-12-24(26,27)13-32)23(33)31-37(34,35)21-5-3-4-20(28)30-21;;;/h3-10,14H,11-13H2,1-2H3,(H2,28,30)(H,31,33);3*1H. The Morgan fingerprint density at radius 2 is 1.92 bits per heavy atom. The van der Waals surface area contributed by atoms with Crippen LogP contribution in [0.1, 0.15) is 28.5 Å². The first kappa shape index (κ1) is 26.2. The van der Waals surface area contributed by atoms with E-state index in [0.29, 0.717) is 6.61 Å². The van der Waals surface area contributed by atoms with Crippen molar-refractivity contribution < 1.29 is 35.4 Å². The predicted octanol–water partition coefficient (Wildman–Crippen LogP) is 4.21. The molecule has 0 aliphatic carbocycles. The van der Waals surface area contributed by atoms with E-state index in [1.807, 2.05) is 18.6 Å². The van der Waals surface area contributed by atoms with E-state index in [2.05, 4.69) is 9.97 Å². The Labute approximate surface area is 216 Å². The Bertz CT molecular complexity index is 1460. The number of nitrogen functional groups attached to an aromatic ring is 1. The summed E-state index contributed by atoms with van der Waals surface area (Å²) in [7, 11) is -4.42. The number of nitrogens with zero attached hydrogens (tertiary/aromatic N) is 3. The molecule has 0 spiro atoms. The van der Waals surface area contributed by atoms with Crippen LogP contribution in [0, 0.1) is 11.7 Å². The first-order valence-electron chi connectivity index (χ1n) is 11.2. The molecule has 1 fully saturated rings. The number of nitrogens with one attached hydrogen (secondary N) is 1. The van der Waals surface area contributed by atoms with Crippen LogP contribution in [0.3, 0.4) is 0 Å². The number of hydrogen-bond acceptors (Lipinski definition) is 8. The summed E-state index contributed by atoms with van der Waals surface area (Å²) in [4.78, 5) is 22.1. The molecule has 37 heavy (non-hydrogen) atoms. The first-order valence-corrected chi connectivity index (χ1v) is 12.7. The zero-order valence-corrected chi connectivity index (χ0v) is 20.7. The number of amides is 1. The molecule has 0 saturated carbocycles. The molecule has 1 aromatic carbocycles. The molecule has 3 aromatic rings. The van der Waals surface area contributed by atoms with Crippen molar-refractivity contribution in [1.29, 1.82) is 0 Å². The number of carbonyl (C=O) groups is 1. The number of halogens is 3. The van der Waals surface area contributed by atoms with Gasteiger partial charge >= 0.3 is 0 Å². The lowest BCUT2D eigenvalue weighted by atomic mass is 10.1. The summed E-state index contributed by atoms with van der Waals surface area (Å²) in [5.41, 5.74) is 5.73. The van der Waals surface area contributed by atoms with Crippen LogP contribution in [0.5, 0.6) is 5.75 Å². The second kappa shape index (κ2) is 9.88. The number of ether oxygens (including phenoxy) is 1. The summed E-state index contributed by atoms with van der Waals surface area (Å²) in [6.45, 7) is 2.77. The molecule has 0 unspecified atom stereocenters. The highest BCUT2D eigenvalue weighted by atomic mass is 32.2. The van der Waals surface area contributed by atoms with Gasteiger partial charge in [0.1, 0.15) is 23.2 Å². The minimum absolute atomic E-state index is 0. The topological polar surface area (TPSA) is 128 Å². The third-order valence-corrected chi connectivity index (χ3v) is 6.49. The van der Waals surface area contributed by atoms with Gasteiger partial charge in [-0.1, -0.05) is 19.9 Å². The molecule has 0 atom stereocenters. The largest absolute Gasteiger partial charge is 0.493 e. The number of rotatable bonds is 8. The third-order valence-electron chi connectivity index (χ3n) is 5.26. The lowest BCUT2D eigenvalue weighted by Crippen LogP contribution is -2.57. The van der Waals surface area contributed by atoms with Crippen molar-refractivity contribution in [3.8, 4) is 17.0 Å². The van der Waals surface area contributed by atoms with E-state index in [1.165, 1.54) is 42.5 Å². The van der Waals surface area contributed by atoms with Gasteiger partial charge in [0.05, 0.1) is 31.0 Å². The van der Waals surface area contributed by atoms with E-state index < -0.39 is 45.8 Å². The number of anilines is 2. The molecule has 0 bridgehead atoms. The smallest absolute Gasteiger partial charge is 0.282 e. The molecule has 9 nitrogen and oxygen atoms in total. The van der Waals surface area contributed by atoms with Crippen LogP contribution in [0.15, 0.2) is 53.6 Å².